The first-order valence-corrected chi connectivity index (χ1v) is 7.24. The molecule has 0 N–H and O–H groups in total. The zero-order chi connectivity index (χ0) is 15.0. The number of pyridine rings is 1. The third kappa shape index (κ3) is 2.51. The van der Waals surface area contributed by atoms with Crippen molar-refractivity contribution >= 4 is 22.8 Å². The minimum atomic E-state index is -0.245. The second-order valence-electron chi connectivity index (χ2n) is 5.03. The number of hydrogen-bond donors (Lipinski definition) is 0. The molecule has 0 aliphatic heterocycles. The summed E-state index contributed by atoms with van der Waals surface area (Å²) in [7, 11) is 0. The Kier molecular flexibility index (Phi) is 3.64. The lowest BCUT2D eigenvalue weighted by atomic mass is 10.1. The first-order valence-electron chi connectivity index (χ1n) is 6.80. The van der Waals surface area contributed by atoms with Gasteiger partial charge in [-0.05, 0) is 43.7 Å². The van der Waals surface area contributed by atoms with Crippen LogP contribution in [-0.2, 0) is 0 Å². The van der Waals surface area contributed by atoms with Gasteiger partial charge in [-0.3, -0.25) is 0 Å². The molecular weight excluding hydrogens is 289 g/mol. The average molecular weight is 304 g/mol. The Morgan fingerprint density at radius 3 is 2.52 bits per heavy atom. The standard InChI is InChI=1S/C16H15ClFN3/c1-10(17)15-20-14-4-3-9-19-16(14)21(15)11(2)12-5-7-13(18)8-6-12/h3-11H,1-2H3. The van der Waals surface area contributed by atoms with E-state index in [2.05, 4.69) is 9.97 Å². The fraction of sp³-hybridized carbons (Fsp3) is 0.250. The zero-order valence-corrected chi connectivity index (χ0v) is 12.5. The van der Waals surface area contributed by atoms with Crippen LogP contribution in [0.2, 0.25) is 0 Å². The van der Waals surface area contributed by atoms with E-state index in [1.165, 1.54) is 12.1 Å². The van der Waals surface area contributed by atoms with Crippen molar-refractivity contribution < 1.29 is 4.39 Å². The number of alkyl halides is 1. The van der Waals surface area contributed by atoms with Gasteiger partial charge in [-0.15, -0.1) is 11.6 Å². The van der Waals surface area contributed by atoms with Crippen molar-refractivity contribution in [2.75, 3.05) is 0 Å². The van der Waals surface area contributed by atoms with Crippen LogP contribution in [-0.4, -0.2) is 14.5 Å². The minimum absolute atomic E-state index is 0.0262. The quantitative estimate of drug-likeness (QED) is 0.668. The smallest absolute Gasteiger partial charge is 0.160 e. The van der Waals surface area contributed by atoms with Crippen molar-refractivity contribution in [3.05, 3.63) is 59.8 Å². The first kappa shape index (κ1) is 14.0. The topological polar surface area (TPSA) is 30.7 Å². The Balaban J connectivity index is 2.17. The van der Waals surface area contributed by atoms with E-state index in [0.29, 0.717) is 0 Å². The number of benzene rings is 1. The molecule has 2 heterocycles. The Hall–Kier alpha value is -1.94. The molecule has 1 aromatic carbocycles. The van der Waals surface area contributed by atoms with Crippen LogP contribution in [0.3, 0.4) is 0 Å². The largest absolute Gasteiger partial charge is 0.304 e. The summed E-state index contributed by atoms with van der Waals surface area (Å²) < 4.78 is 15.1. The number of halogens is 2. The molecule has 5 heteroatoms. The molecule has 0 aliphatic carbocycles. The second-order valence-corrected chi connectivity index (χ2v) is 5.68. The molecule has 108 valence electrons. The summed E-state index contributed by atoms with van der Waals surface area (Å²) in [6.45, 7) is 3.92. The maximum Gasteiger partial charge on any atom is 0.160 e. The number of aromatic nitrogens is 3. The van der Waals surface area contributed by atoms with Crippen LogP contribution in [0.1, 0.15) is 36.7 Å². The van der Waals surface area contributed by atoms with Crippen LogP contribution in [0.5, 0.6) is 0 Å². The van der Waals surface area contributed by atoms with Crippen molar-refractivity contribution in [1.82, 2.24) is 14.5 Å². The molecule has 0 aliphatic rings. The van der Waals surface area contributed by atoms with Crippen LogP contribution in [0.15, 0.2) is 42.6 Å². The van der Waals surface area contributed by atoms with E-state index in [4.69, 9.17) is 11.6 Å². The molecule has 0 bridgehead atoms. The van der Waals surface area contributed by atoms with Gasteiger partial charge in [-0.1, -0.05) is 12.1 Å². The Morgan fingerprint density at radius 1 is 1.14 bits per heavy atom. The SMILES string of the molecule is CC(Cl)c1nc2cccnc2n1C(C)c1ccc(F)cc1. The van der Waals surface area contributed by atoms with Crippen LogP contribution in [0.4, 0.5) is 4.39 Å². The molecule has 0 radical (unpaired) electrons. The third-order valence-corrected chi connectivity index (χ3v) is 3.77. The lowest BCUT2D eigenvalue weighted by molar-refractivity contribution is 0.604. The van der Waals surface area contributed by atoms with Gasteiger partial charge < -0.3 is 4.57 Å². The van der Waals surface area contributed by atoms with Gasteiger partial charge in [0.1, 0.15) is 17.2 Å². The molecule has 0 amide bonds. The Bertz CT molecular complexity index is 765. The summed E-state index contributed by atoms with van der Waals surface area (Å²) in [4.78, 5) is 8.99. The highest BCUT2D eigenvalue weighted by atomic mass is 35.5. The summed E-state index contributed by atoms with van der Waals surface area (Å²) in [5, 5.41) is -0.234. The van der Waals surface area contributed by atoms with Crippen molar-refractivity contribution in [2.24, 2.45) is 0 Å². The Labute approximate surface area is 127 Å². The van der Waals surface area contributed by atoms with E-state index in [9.17, 15) is 4.39 Å². The second kappa shape index (κ2) is 5.45. The Morgan fingerprint density at radius 2 is 1.86 bits per heavy atom. The van der Waals surface area contributed by atoms with Gasteiger partial charge >= 0.3 is 0 Å². The van der Waals surface area contributed by atoms with Crippen molar-refractivity contribution in [3.8, 4) is 0 Å². The molecule has 2 atom stereocenters. The molecule has 3 rings (SSSR count). The number of nitrogens with zero attached hydrogens (tertiary/aromatic N) is 3. The summed E-state index contributed by atoms with van der Waals surface area (Å²) >= 11 is 6.27. The summed E-state index contributed by atoms with van der Waals surface area (Å²) in [5.74, 6) is 0.521. The van der Waals surface area contributed by atoms with Gasteiger partial charge in [0, 0.05) is 6.20 Å². The molecule has 0 saturated heterocycles. The lowest BCUT2D eigenvalue weighted by Crippen LogP contribution is -2.11. The van der Waals surface area contributed by atoms with Crippen LogP contribution in [0, 0.1) is 5.82 Å². The molecule has 0 spiro atoms. The van der Waals surface area contributed by atoms with E-state index in [1.54, 1.807) is 18.3 Å². The van der Waals surface area contributed by atoms with Crippen molar-refractivity contribution in [1.29, 1.82) is 0 Å². The van der Waals surface area contributed by atoms with E-state index < -0.39 is 0 Å². The predicted octanol–water partition coefficient (Wildman–Crippen LogP) is 4.48. The first-order chi connectivity index (χ1) is 10.1. The molecule has 3 nitrogen and oxygen atoms in total. The van der Waals surface area contributed by atoms with Crippen LogP contribution in [0.25, 0.3) is 11.2 Å². The number of hydrogen-bond acceptors (Lipinski definition) is 2. The van der Waals surface area contributed by atoms with Gasteiger partial charge in [0.05, 0.1) is 11.4 Å². The maximum absolute atomic E-state index is 13.1. The van der Waals surface area contributed by atoms with E-state index >= 15 is 0 Å². The molecule has 2 unspecified atom stereocenters. The van der Waals surface area contributed by atoms with Crippen molar-refractivity contribution in [2.45, 2.75) is 25.3 Å². The van der Waals surface area contributed by atoms with Crippen LogP contribution < -0.4 is 0 Å². The molecule has 21 heavy (non-hydrogen) atoms. The fourth-order valence-electron chi connectivity index (χ4n) is 2.50. The summed E-state index contributed by atoms with van der Waals surface area (Å²) in [6, 6.07) is 10.2. The minimum Gasteiger partial charge on any atom is -0.304 e. The van der Waals surface area contributed by atoms with E-state index in [0.717, 1.165) is 22.6 Å². The number of fused-ring (bicyclic) bond motifs is 1. The van der Waals surface area contributed by atoms with Crippen LogP contribution >= 0.6 is 11.6 Å². The highest BCUT2D eigenvalue weighted by molar-refractivity contribution is 6.20. The number of rotatable bonds is 3. The third-order valence-electron chi connectivity index (χ3n) is 3.57. The van der Waals surface area contributed by atoms with Gasteiger partial charge in [0.25, 0.3) is 0 Å². The monoisotopic (exact) mass is 303 g/mol. The predicted molar refractivity (Wildman–Crippen MR) is 82.0 cm³/mol. The lowest BCUT2D eigenvalue weighted by Gasteiger charge is -2.18. The molecule has 0 fully saturated rings. The zero-order valence-electron chi connectivity index (χ0n) is 11.8. The van der Waals surface area contributed by atoms with Gasteiger partial charge in [-0.2, -0.15) is 0 Å². The van der Waals surface area contributed by atoms with Crippen molar-refractivity contribution in [3.63, 3.8) is 0 Å². The summed E-state index contributed by atoms with van der Waals surface area (Å²) in [5.41, 5.74) is 2.59. The highest BCUT2D eigenvalue weighted by Crippen LogP contribution is 2.30. The van der Waals surface area contributed by atoms with Gasteiger partial charge in [-0.25, -0.2) is 14.4 Å². The molecule has 2 aromatic heterocycles. The van der Waals surface area contributed by atoms with E-state index in [-0.39, 0.29) is 17.2 Å². The number of imidazole rings is 1. The van der Waals surface area contributed by atoms with E-state index in [1.807, 2.05) is 30.5 Å². The molecular formula is C16H15ClFN3. The highest BCUT2D eigenvalue weighted by Gasteiger charge is 2.20. The van der Waals surface area contributed by atoms with Gasteiger partial charge in [0.15, 0.2) is 5.65 Å². The molecule has 3 aromatic rings. The average Bonchev–Trinajstić information content (AvgIpc) is 2.87. The normalized spacial score (nSPS) is 14.3. The maximum atomic E-state index is 13.1. The summed E-state index contributed by atoms with van der Waals surface area (Å²) in [6.07, 6.45) is 1.74. The van der Waals surface area contributed by atoms with Gasteiger partial charge in [0.2, 0.25) is 0 Å². The fourth-order valence-corrected chi connectivity index (χ4v) is 2.65. The molecule has 0 saturated carbocycles.